The number of nitrogens with one attached hydrogen (secondary N) is 2. The van der Waals surface area contributed by atoms with Crippen molar-refractivity contribution in [3.63, 3.8) is 0 Å². The van der Waals surface area contributed by atoms with E-state index in [0.717, 1.165) is 10.9 Å². The maximum absolute atomic E-state index is 12.1. The summed E-state index contributed by atoms with van der Waals surface area (Å²) in [5.41, 5.74) is 1.91. The van der Waals surface area contributed by atoms with Crippen LogP contribution in [0.3, 0.4) is 0 Å². The van der Waals surface area contributed by atoms with Crippen LogP contribution in [0.1, 0.15) is 10.4 Å². The Hall–Kier alpha value is -2.11. The van der Waals surface area contributed by atoms with Gasteiger partial charge in [-0.2, -0.15) is 5.10 Å². The first-order valence-corrected chi connectivity index (χ1v) is 6.45. The molecule has 0 saturated carbocycles. The fourth-order valence-electron chi connectivity index (χ4n) is 1.82. The van der Waals surface area contributed by atoms with Crippen molar-refractivity contribution in [3.8, 4) is 0 Å². The second kappa shape index (κ2) is 5.11. The van der Waals surface area contributed by atoms with Crippen LogP contribution in [0.2, 0.25) is 10.3 Å². The van der Waals surface area contributed by atoms with Gasteiger partial charge in [-0.1, -0.05) is 23.2 Å². The van der Waals surface area contributed by atoms with Gasteiger partial charge in [0, 0.05) is 16.6 Å². The van der Waals surface area contributed by atoms with E-state index in [4.69, 9.17) is 23.2 Å². The highest BCUT2D eigenvalue weighted by atomic mass is 35.5. The van der Waals surface area contributed by atoms with Gasteiger partial charge in [0.2, 0.25) is 0 Å². The van der Waals surface area contributed by atoms with Gasteiger partial charge in [0.05, 0.1) is 11.7 Å². The van der Waals surface area contributed by atoms with E-state index < -0.39 is 0 Å². The standard InChI is InChI=1S/C13H8Cl2N4O/c14-11-4-7(5-12(15)18-11)13(20)17-9-1-2-10-8(3-9)6-16-19-10/h1-6H,(H,16,19)(H,17,20). The zero-order chi connectivity index (χ0) is 14.1. The molecule has 0 radical (unpaired) electrons. The summed E-state index contributed by atoms with van der Waals surface area (Å²) in [5.74, 6) is -0.306. The van der Waals surface area contributed by atoms with Crippen LogP contribution in [-0.2, 0) is 0 Å². The van der Waals surface area contributed by atoms with Crippen LogP contribution in [0.25, 0.3) is 10.9 Å². The van der Waals surface area contributed by atoms with Crippen molar-refractivity contribution in [2.45, 2.75) is 0 Å². The zero-order valence-electron chi connectivity index (χ0n) is 10.0. The fraction of sp³-hybridized carbons (Fsp3) is 0. The van der Waals surface area contributed by atoms with Crippen molar-refractivity contribution >= 4 is 45.7 Å². The molecular formula is C13H8Cl2N4O. The van der Waals surface area contributed by atoms with Gasteiger partial charge in [-0.25, -0.2) is 4.98 Å². The number of carbonyl (C=O) groups is 1. The van der Waals surface area contributed by atoms with Crippen molar-refractivity contribution in [3.05, 3.63) is 52.4 Å². The van der Waals surface area contributed by atoms with Gasteiger partial charge in [-0.15, -0.1) is 0 Å². The molecule has 3 aromatic rings. The maximum atomic E-state index is 12.1. The normalized spacial score (nSPS) is 10.7. The molecule has 0 aliphatic carbocycles. The SMILES string of the molecule is O=C(Nc1ccc2[nH]ncc2c1)c1cc(Cl)nc(Cl)c1. The lowest BCUT2D eigenvalue weighted by Crippen LogP contribution is -2.12. The number of rotatable bonds is 2. The molecule has 0 unspecified atom stereocenters. The molecule has 100 valence electrons. The van der Waals surface area contributed by atoms with E-state index in [2.05, 4.69) is 20.5 Å². The highest BCUT2D eigenvalue weighted by Crippen LogP contribution is 2.19. The number of aromatic nitrogens is 3. The quantitative estimate of drug-likeness (QED) is 0.712. The van der Waals surface area contributed by atoms with Crippen molar-refractivity contribution in [2.75, 3.05) is 5.32 Å². The predicted octanol–water partition coefficient (Wildman–Crippen LogP) is 3.52. The molecule has 0 aliphatic rings. The van der Waals surface area contributed by atoms with Gasteiger partial charge in [-0.3, -0.25) is 9.89 Å². The van der Waals surface area contributed by atoms with Crippen LogP contribution in [-0.4, -0.2) is 21.1 Å². The fourth-order valence-corrected chi connectivity index (χ4v) is 2.28. The molecule has 0 fully saturated rings. The van der Waals surface area contributed by atoms with Gasteiger partial charge in [0.15, 0.2) is 0 Å². The van der Waals surface area contributed by atoms with Gasteiger partial charge in [0.25, 0.3) is 5.91 Å². The summed E-state index contributed by atoms with van der Waals surface area (Å²) < 4.78 is 0. The molecule has 1 aromatic carbocycles. The molecule has 2 N–H and O–H groups in total. The second-order valence-electron chi connectivity index (χ2n) is 4.13. The molecule has 5 nitrogen and oxygen atoms in total. The summed E-state index contributed by atoms with van der Waals surface area (Å²) in [7, 11) is 0. The predicted molar refractivity (Wildman–Crippen MR) is 78.3 cm³/mol. The molecule has 20 heavy (non-hydrogen) atoms. The number of anilines is 1. The van der Waals surface area contributed by atoms with E-state index in [1.807, 2.05) is 12.1 Å². The third-order valence-electron chi connectivity index (χ3n) is 2.72. The summed E-state index contributed by atoms with van der Waals surface area (Å²) >= 11 is 11.5. The third kappa shape index (κ3) is 2.59. The van der Waals surface area contributed by atoms with Crippen LogP contribution in [0, 0.1) is 0 Å². The van der Waals surface area contributed by atoms with E-state index in [0.29, 0.717) is 11.3 Å². The number of pyridine rings is 1. The first-order chi connectivity index (χ1) is 9.61. The number of halogens is 2. The highest BCUT2D eigenvalue weighted by Gasteiger charge is 2.09. The number of hydrogen-bond acceptors (Lipinski definition) is 3. The molecule has 3 rings (SSSR count). The van der Waals surface area contributed by atoms with Crippen LogP contribution < -0.4 is 5.32 Å². The molecule has 0 spiro atoms. The first kappa shape index (κ1) is 12.9. The topological polar surface area (TPSA) is 70.7 Å². The number of aromatic amines is 1. The number of benzene rings is 1. The summed E-state index contributed by atoms with van der Waals surface area (Å²) in [6, 6.07) is 8.35. The van der Waals surface area contributed by atoms with Gasteiger partial charge in [0.1, 0.15) is 10.3 Å². The Morgan fingerprint density at radius 1 is 1.15 bits per heavy atom. The zero-order valence-corrected chi connectivity index (χ0v) is 11.5. The monoisotopic (exact) mass is 306 g/mol. The number of nitrogens with zero attached hydrogens (tertiary/aromatic N) is 2. The van der Waals surface area contributed by atoms with Gasteiger partial charge < -0.3 is 5.32 Å². The van der Waals surface area contributed by atoms with Crippen molar-refractivity contribution in [2.24, 2.45) is 0 Å². The average molecular weight is 307 g/mol. The van der Waals surface area contributed by atoms with E-state index in [9.17, 15) is 4.79 Å². The lowest BCUT2D eigenvalue weighted by molar-refractivity contribution is 0.102. The molecule has 1 amide bonds. The molecule has 0 aliphatic heterocycles. The number of H-pyrrole nitrogens is 1. The largest absolute Gasteiger partial charge is 0.322 e. The van der Waals surface area contributed by atoms with Crippen LogP contribution >= 0.6 is 23.2 Å². The lowest BCUT2D eigenvalue weighted by Gasteiger charge is -2.06. The Morgan fingerprint density at radius 2 is 1.90 bits per heavy atom. The maximum Gasteiger partial charge on any atom is 0.255 e. The Morgan fingerprint density at radius 3 is 2.65 bits per heavy atom. The van der Waals surface area contributed by atoms with Crippen molar-refractivity contribution in [1.29, 1.82) is 0 Å². The molecule has 0 saturated heterocycles. The van der Waals surface area contributed by atoms with Crippen molar-refractivity contribution in [1.82, 2.24) is 15.2 Å². The Labute approximate surface area is 123 Å². The second-order valence-corrected chi connectivity index (χ2v) is 4.90. The Kier molecular flexibility index (Phi) is 3.30. The summed E-state index contributed by atoms with van der Waals surface area (Å²) in [4.78, 5) is 15.9. The minimum absolute atomic E-state index is 0.174. The number of hydrogen-bond donors (Lipinski definition) is 2. The molecule has 7 heteroatoms. The molecule has 2 aromatic heterocycles. The number of fused-ring (bicyclic) bond motifs is 1. The summed E-state index contributed by atoms with van der Waals surface area (Å²) in [6.07, 6.45) is 1.69. The highest BCUT2D eigenvalue weighted by molar-refractivity contribution is 6.33. The Balaban J connectivity index is 1.87. The number of amides is 1. The van der Waals surface area contributed by atoms with Crippen LogP contribution in [0.15, 0.2) is 36.5 Å². The van der Waals surface area contributed by atoms with E-state index in [1.54, 1.807) is 12.3 Å². The van der Waals surface area contributed by atoms with E-state index in [1.165, 1.54) is 12.1 Å². The van der Waals surface area contributed by atoms with Crippen LogP contribution in [0.4, 0.5) is 5.69 Å². The summed E-state index contributed by atoms with van der Waals surface area (Å²) in [5, 5.41) is 10.8. The minimum atomic E-state index is -0.306. The molecule has 0 atom stereocenters. The van der Waals surface area contributed by atoms with Crippen LogP contribution in [0.5, 0.6) is 0 Å². The molecular weight excluding hydrogens is 299 g/mol. The molecule has 0 bridgehead atoms. The first-order valence-electron chi connectivity index (χ1n) is 5.69. The van der Waals surface area contributed by atoms with Gasteiger partial charge >= 0.3 is 0 Å². The number of carbonyl (C=O) groups excluding carboxylic acids is 1. The van der Waals surface area contributed by atoms with E-state index >= 15 is 0 Å². The van der Waals surface area contributed by atoms with E-state index in [-0.39, 0.29) is 16.2 Å². The summed E-state index contributed by atoms with van der Waals surface area (Å²) in [6.45, 7) is 0. The van der Waals surface area contributed by atoms with Crippen molar-refractivity contribution < 1.29 is 4.79 Å². The lowest BCUT2D eigenvalue weighted by atomic mass is 10.2. The van der Waals surface area contributed by atoms with Gasteiger partial charge in [-0.05, 0) is 30.3 Å². The average Bonchev–Trinajstić information content (AvgIpc) is 2.85. The molecule has 2 heterocycles. The Bertz CT molecular complexity index is 780. The third-order valence-corrected chi connectivity index (χ3v) is 3.11. The minimum Gasteiger partial charge on any atom is -0.322 e. The smallest absolute Gasteiger partial charge is 0.255 e.